The van der Waals surface area contributed by atoms with Crippen LogP contribution in [-0.4, -0.2) is 24.9 Å². The molecular weight excluding hydrogens is 615 g/mol. The van der Waals surface area contributed by atoms with Crippen LogP contribution in [0.2, 0.25) is 0 Å². The molecule has 1 aliphatic heterocycles. The van der Waals surface area contributed by atoms with E-state index >= 15 is 0 Å². The number of aliphatic imine (C=N–C) groups is 1. The third kappa shape index (κ3) is 4.59. The SMILES string of the molecule is c1ccc(C2=NC(c3cnc(-n4c5ccccc5c5cc6c7ccccc7n(-c7ccccc7)c6cc54)nc3)NC(c3ccccc3)N2)cc1. The van der Waals surface area contributed by atoms with Gasteiger partial charge in [0.25, 0.3) is 0 Å². The minimum absolute atomic E-state index is 0.135. The molecule has 7 nitrogen and oxygen atoms in total. The zero-order valence-corrected chi connectivity index (χ0v) is 27.0. The molecule has 1 aliphatic rings. The predicted molar refractivity (Wildman–Crippen MR) is 202 cm³/mol. The third-order valence-electron chi connectivity index (χ3n) is 9.70. The monoisotopic (exact) mass is 645 g/mol. The molecule has 4 heterocycles. The number of benzene rings is 6. The first-order valence-electron chi connectivity index (χ1n) is 16.8. The van der Waals surface area contributed by atoms with E-state index in [0.717, 1.165) is 50.1 Å². The van der Waals surface area contributed by atoms with Crippen molar-refractivity contribution < 1.29 is 0 Å². The van der Waals surface area contributed by atoms with E-state index in [1.165, 1.54) is 21.7 Å². The molecule has 3 aromatic heterocycles. The zero-order valence-electron chi connectivity index (χ0n) is 27.0. The molecule has 0 amide bonds. The first-order valence-corrected chi connectivity index (χ1v) is 16.8. The Balaban J connectivity index is 1.12. The molecule has 2 atom stereocenters. The fourth-order valence-corrected chi connectivity index (χ4v) is 7.38. The van der Waals surface area contributed by atoms with Crippen LogP contribution in [0.1, 0.15) is 29.0 Å². The summed E-state index contributed by atoms with van der Waals surface area (Å²) in [5.41, 5.74) is 8.60. The van der Waals surface area contributed by atoms with Crippen LogP contribution in [0.15, 0.2) is 169 Å². The van der Waals surface area contributed by atoms with E-state index in [9.17, 15) is 0 Å². The van der Waals surface area contributed by atoms with Crippen LogP contribution in [0.25, 0.3) is 55.2 Å². The van der Waals surface area contributed by atoms with Crippen molar-refractivity contribution in [1.29, 1.82) is 0 Å². The number of nitrogens with zero attached hydrogens (tertiary/aromatic N) is 5. The highest BCUT2D eigenvalue weighted by Gasteiger charge is 2.26. The summed E-state index contributed by atoms with van der Waals surface area (Å²) >= 11 is 0. The molecule has 0 spiro atoms. The Morgan fingerprint density at radius 2 is 1.04 bits per heavy atom. The number of fused-ring (bicyclic) bond motifs is 6. The zero-order chi connectivity index (χ0) is 33.0. The van der Waals surface area contributed by atoms with Gasteiger partial charge in [-0.1, -0.05) is 115 Å². The molecule has 2 N–H and O–H groups in total. The summed E-state index contributed by atoms with van der Waals surface area (Å²) in [4.78, 5) is 15.1. The van der Waals surface area contributed by atoms with Gasteiger partial charge >= 0.3 is 0 Å². The van der Waals surface area contributed by atoms with Crippen LogP contribution >= 0.6 is 0 Å². The van der Waals surface area contributed by atoms with Crippen LogP contribution in [-0.2, 0) is 0 Å². The lowest BCUT2D eigenvalue weighted by Crippen LogP contribution is -2.45. The first-order chi connectivity index (χ1) is 24.8. The molecule has 10 rings (SSSR count). The third-order valence-corrected chi connectivity index (χ3v) is 9.70. The molecule has 6 aromatic carbocycles. The van der Waals surface area contributed by atoms with Crippen molar-refractivity contribution >= 4 is 49.4 Å². The van der Waals surface area contributed by atoms with E-state index in [2.05, 4.69) is 147 Å². The van der Waals surface area contributed by atoms with E-state index in [1.54, 1.807) is 0 Å². The van der Waals surface area contributed by atoms with Crippen LogP contribution in [0, 0.1) is 0 Å². The van der Waals surface area contributed by atoms with Crippen molar-refractivity contribution in [3.63, 3.8) is 0 Å². The smallest absolute Gasteiger partial charge is 0.234 e. The van der Waals surface area contributed by atoms with Crippen molar-refractivity contribution in [3.05, 3.63) is 181 Å². The van der Waals surface area contributed by atoms with Crippen LogP contribution in [0.5, 0.6) is 0 Å². The fourth-order valence-electron chi connectivity index (χ4n) is 7.38. The highest BCUT2D eigenvalue weighted by Crippen LogP contribution is 2.39. The highest BCUT2D eigenvalue weighted by molar-refractivity contribution is 6.19. The van der Waals surface area contributed by atoms with Gasteiger partial charge in [0.1, 0.15) is 18.2 Å². The number of hydrogen-bond donors (Lipinski definition) is 2. The lowest BCUT2D eigenvalue weighted by atomic mass is 10.1. The maximum atomic E-state index is 5.09. The summed E-state index contributed by atoms with van der Waals surface area (Å²) in [6.45, 7) is 0. The molecule has 0 aliphatic carbocycles. The topological polar surface area (TPSA) is 72.1 Å². The summed E-state index contributed by atoms with van der Waals surface area (Å²) < 4.78 is 4.53. The molecule has 0 saturated heterocycles. The number of amidine groups is 1. The second-order valence-electron chi connectivity index (χ2n) is 12.6. The number of hydrogen-bond acceptors (Lipinski definition) is 5. The lowest BCUT2D eigenvalue weighted by molar-refractivity contribution is 0.407. The minimum atomic E-state index is -0.343. The van der Waals surface area contributed by atoms with Gasteiger partial charge in [-0.25, -0.2) is 15.0 Å². The highest BCUT2D eigenvalue weighted by atomic mass is 15.3. The second kappa shape index (κ2) is 11.5. The van der Waals surface area contributed by atoms with Gasteiger partial charge < -0.3 is 9.88 Å². The lowest BCUT2D eigenvalue weighted by Gasteiger charge is -2.32. The van der Waals surface area contributed by atoms with E-state index in [0.29, 0.717) is 5.95 Å². The maximum Gasteiger partial charge on any atom is 0.234 e. The van der Waals surface area contributed by atoms with Crippen molar-refractivity contribution in [2.24, 2.45) is 4.99 Å². The fraction of sp³-hybridized carbons (Fsp3) is 0.0465. The summed E-state index contributed by atoms with van der Waals surface area (Å²) in [6, 6.07) is 53.0. The van der Waals surface area contributed by atoms with Gasteiger partial charge in [0.2, 0.25) is 5.95 Å². The number of rotatable bonds is 5. The van der Waals surface area contributed by atoms with Gasteiger partial charge in [-0.05, 0) is 42.0 Å². The quantitative estimate of drug-likeness (QED) is 0.196. The predicted octanol–water partition coefficient (Wildman–Crippen LogP) is 9.01. The molecule has 7 heteroatoms. The van der Waals surface area contributed by atoms with Crippen molar-refractivity contribution in [2.45, 2.75) is 12.3 Å². The largest absolute Gasteiger partial charge is 0.350 e. The summed E-state index contributed by atoms with van der Waals surface area (Å²) in [7, 11) is 0. The number of para-hydroxylation sites is 3. The van der Waals surface area contributed by atoms with E-state index < -0.39 is 0 Å². The van der Waals surface area contributed by atoms with E-state index in [-0.39, 0.29) is 12.3 Å². The number of aromatic nitrogens is 4. The molecule has 50 heavy (non-hydrogen) atoms. The average Bonchev–Trinajstić information content (AvgIpc) is 3.70. The summed E-state index contributed by atoms with van der Waals surface area (Å²) in [6.07, 6.45) is 3.33. The van der Waals surface area contributed by atoms with Gasteiger partial charge in [-0.3, -0.25) is 9.88 Å². The molecule has 0 radical (unpaired) electrons. The van der Waals surface area contributed by atoms with Crippen molar-refractivity contribution in [3.8, 4) is 11.6 Å². The van der Waals surface area contributed by atoms with Crippen molar-refractivity contribution in [1.82, 2.24) is 29.7 Å². The molecule has 2 unspecified atom stereocenters. The van der Waals surface area contributed by atoms with E-state index in [1.807, 2.05) is 36.7 Å². The molecule has 0 saturated carbocycles. The minimum Gasteiger partial charge on any atom is -0.350 e. The molecule has 0 bridgehead atoms. The Labute approximate surface area is 288 Å². The average molecular weight is 646 g/mol. The Morgan fingerprint density at radius 1 is 0.480 bits per heavy atom. The molecular formula is C43H31N7. The van der Waals surface area contributed by atoms with Gasteiger partial charge in [-0.2, -0.15) is 0 Å². The Hall–Kier alpha value is -6.57. The van der Waals surface area contributed by atoms with Gasteiger partial charge in [0.05, 0.1) is 22.1 Å². The first kappa shape index (κ1) is 28.4. The molecule has 9 aromatic rings. The van der Waals surface area contributed by atoms with Gasteiger partial charge in [0, 0.05) is 50.8 Å². The molecule has 0 fully saturated rings. The standard InChI is InChI=1S/C43H31N7/c1-4-14-28(15-5-1)40-46-41(29-16-6-2-7-17-29)48-42(47-40)30-26-44-43(45-27-30)50-37-23-13-11-21-33(37)35-24-34-32-20-10-12-22-36(32)49(38(34)25-39(35)50)31-18-8-3-9-19-31/h1-27,40,42,47H,(H,46,48). The van der Waals surface area contributed by atoms with Gasteiger partial charge in [0.15, 0.2) is 0 Å². The Kier molecular flexibility index (Phi) is 6.57. The van der Waals surface area contributed by atoms with Crippen LogP contribution in [0.4, 0.5) is 0 Å². The normalized spacial score (nSPS) is 16.2. The Bertz CT molecular complexity index is 2700. The number of nitrogens with one attached hydrogen (secondary N) is 2. The van der Waals surface area contributed by atoms with E-state index in [4.69, 9.17) is 15.0 Å². The molecule has 238 valence electrons. The van der Waals surface area contributed by atoms with Crippen molar-refractivity contribution in [2.75, 3.05) is 0 Å². The van der Waals surface area contributed by atoms with Crippen LogP contribution in [0.3, 0.4) is 0 Å². The maximum absolute atomic E-state index is 5.09. The second-order valence-corrected chi connectivity index (χ2v) is 12.6. The summed E-state index contributed by atoms with van der Waals surface area (Å²) in [5.74, 6) is 1.44. The van der Waals surface area contributed by atoms with Gasteiger partial charge in [-0.15, -0.1) is 0 Å². The Morgan fingerprint density at radius 3 is 1.72 bits per heavy atom. The summed E-state index contributed by atoms with van der Waals surface area (Å²) in [5, 5.41) is 12.0. The van der Waals surface area contributed by atoms with Crippen LogP contribution < -0.4 is 10.6 Å².